The van der Waals surface area contributed by atoms with Gasteiger partial charge in [0.05, 0.1) is 5.69 Å². The molecule has 1 aliphatic heterocycles. The van der Waals surface area contributed by atoms with E-state index in [4.69, 9.17) is 0 Å². The highest BCUT2D eigenvalue weighted by molar-refractivity contribution is 5.93. The molecule has 5 rings (SSSR count). The number of likely N-dealkylation sites (tertiary alicyclic amines) is 1. The molecule has 3 heterocycles. The van der Waals surface area contributed by atoms with E-state index in [-0.39, 0.29) is 24.8 Å². The SMILES string of the molecule is CN(C)C1CCN(Cc2cc3cc4c(cc3n2C)CCCc2c-4[nH]c(=O)c(C(=O)O)c2O)C1.Cl.Cl. The summed E-state index contributed by atoms with van der Waals surface area (Å²) < 4.78 is 2.25. The number of nitrogens with one attached hydrogen (secondary N) is 1. The third-order valence-electron chi connectivity index (χ3n) is 7.38. The summed E-state index contributed by atoms with van der Waals surface area (Å²) in [4.78, 5) is 31.5. The van der Waals surface area contributed by atoms with Crippen LogP contribution in [0.4, 0.5) is 0 Å². The van der Waals surface area contributed by atoms with Crippen molar-refractivity contribution in [2.45, 2.75) is 38.3 Å². The predicted molar refractivity (Wildman–Crippen MR) is 141 cm³/mol. The second kappa shape index (κ2) is 10.2. The monoisotopic (exact) mass is 522 g/mol. The van der Waals surface area contributed by atoms with Crippen LogP contribution in [0.5, 0.6) is 5.75 Å². The van der Waals surface area contributed by atoms with Crippen molar-refractivity contribution in [1.29, 1.82) is 0 Å². The number of fused-ring (bicyclic) bond motifs is 4. The molecule has 8 nitrogen and oxygen atoms in total. The van der Waals surface area contributed by atoms with Gasteiger partial charge in [-0.15, -0.1) is 24.8 Å². The molecule has 10 heteroatoms. The summed E-state index contributed by atoms with van der Waals surface area (Å²) in [7, 11) is 6.37. The van der Waals surface area contributed by atoms with E-state index >= 15 is 0 Å². The van der Waals surface area contributed by atoms with Gasteiger partial charge in [-0.3, -0.25) is 9.69 Å². The molecule has 1 fully saturated rings. The Labute approximate surface area is 216 Å². The van der Waals surface area contributed by atoms with Crippen molar-refractivity contribution in [2.24, 2.45) is 7.05 Å². The number of hydrogen-bond donors (Lipinski definition) is 3. The maximum Gasteiger partial charge on any atom is 0.345 e. The van der Waals surface area contributed by atoms with Crippen molar-refractivity contribution >= 4 is 41.7 Å². The number of H-pyrrole nitrogens is 1. The standard InChI is InChI=1S/C25H30N4O4.2ClH/c1-27(2)16-7-8-29(12-16)13-17-9-15-10-19-14(11-20(15)28(17)3)5-4-6-18-22(19)26-24(31)21(23(18)30)25(32)33;;/h9-11,16H,4-8,12-13H2,1-3H3,(H,32,33)(H2,26,30,31);2*1H. The van der Waals surface area contributed by atoms with Crippen LogP contribution in [0.3, 0.4) is 0 Å². The Kier molecular flexibility index (Phi) is 7.91. The number of hydrogen-bond acceptors (Lipinski definition) is 5. The third kappa shape index (κ3) is 4.68. The molecule has 2 aliphatic rings. The Morgan fingerprint density at radius 1 is 1.20 bits per heavy atom. The van der Waals surface area contributed by atoms with Crippen LogP contribution < -0.4 is 5.56 Å². The molecule has 0 amide bonds. The molecule has 0 saturated carbocycles. The largest absolute Gasteiger partial charge is 0.506 e. The fourth-order valence-corrected chi connectivity index (χ4v) is 5.44. The van der Waals surface area contributed by atoms with E-state index in [2.05, 4.69) is 58.7 Å². The van der Waals surface area contributed by atoms with Crippen molar-refractivity contribution in [3.8, 4) is 17.0 Å². The third-order valence-corrected chi connectivity index (χ3v) is 7.38. The average molecular weight is 523 g/mol. The first-order valence-corrected chi connectivity index (χ1v) is 11.5. The Morgan fingerprint density at radius 3 is 2.60 bits per heavy atom. The molecule has 190 valence electrons. The van der Waals surface area contributed by atoms with Crippen molar-refractivity contribution in [1.82, 2.24) is 19.4 Å². The number of likely N-dealkylation sites (N-methyl/N-ethyl adjacent to an activating group) is 1. The van der Waals surface area contributed by atoms with Gasteiger partial charge in [-0.05, 0) is 63.5 Å². The number of aromatic nitrogens is 2. The smallest absolute Gasteiger partial charge is 0.345 e. The maximum absolute atomic E-state index is 12.5. The Bertz CT molecular complexity index is 1330. The molecule has 0 spiro atoms. The van der Waals surface area contributed by atoms with Crippen molar-refractivity contribution < 1.29 is 15.0 Å². The van der Waals surface area contributed by atoms with E-state index in [1.165, 1.54) is 12.1 Å². The minimum Gasteiger partial charge on any atom is -0.506 e. The van der Waals surface area contributed by atoms with Gasteiger partial charge in [-0.1, -0.05) is 0 Å². The summed E-state index contributed by atoms with van der Waals surface area (Å²) in [5.41, 5.74) is 4.04. The van der Waals surface area contributed by atoms with Crippen molar-refractivity contribution in [3.05, 3.63) is 50.9 Å². The highest BCUT2D eigenvalue weighted by atomic mass is 35.5. The number of rotatable bonds is 4. The number of nitrogens with zero attached hydrogens (tertiary/aromatic N) is 3. The summed E-state index contributed by atoms with van der Waals surface area (Å²) in [6.45, 7) is 3.03. The molecule has 1 unspecified atom stereocenters. The van der Waals surface area contributed by atoms with Gasteiger partial charge < -0.3 is 24.7 Å². The van der Waals surface area contributed by atoms with Gasteiger partial charge in [-0.25, -0.2) is 4.79 Å². The van der Waals surface area contributed by atoms with E-state index < -0.39 is 22.8 Å². The molecule has 0 radical (unpaired) electrons. The molecule has 2 aromatic heterocycles. The van der Waals surface area contributed by atoms with E-state index in [0.29, 0.717) is 23.7 Å². The number of aromatic amines is 1. The maximum atomic E-state index is 12.5. The number of aryl methyl sites for hydroxylation is 2. The van der Waals surface area contributed by atoms with Gasteiger partial charge in [0.25, 0.3) is 5.56 Å². The van der Waals surface area contributed by atoms with Crippen LogP contribution in [0.2, 0.25) is 0 Å². The second-order valence-electron chi connectivity index (χ2n) is 9.59. The zero-order valence-corrected chi connectivity index (χ0v) is 21.8. The summed E-state index contributed by atoms with van der Waals surface area (Å²) in [6.07, 6.45) is 3.25. The van der Waals surface area contributed by atoms with Crippen LogP contribution in [-0.4, -0.2) is 68.8 Å². The van der Waals surface area contributed by atoms with Crippen LogP contribution in [0.15, 0.2) is 23.0 Å². The number of benzene rings is 1. The molecule has 1 aromatic carbocycles. The lowest BCUT2D eigenvalue weighted by Gasteiger charge is -2.20. The molecule has 1 saturated heterocycles. The minimum absolute atomic E-state index is 0. The van der Waals surface area contributed by atoms with Crippen molar-refractivity contribution in [3.63, 3.8) is 0 Å². The molecular formula is C25H32Cl2N4O4. The number of carbonyl (C=O) groups is 1. The summed E-state index contributed by atoms with van der Waals surface area (Å²) >= 11 is 0. The number of aromatic carboxylic acids is 1. The van der Waals surface area contributed by atoms with E-state index in [1.54, 1.807) is 0 Å². The van der Waals surface area contributed by atoms with Gasteiger partial charge >= 0.3 is 5.97 Å². The average Bonchev–Trinajstić information content (AvgIpc) is 3.28. The van der Waals surface area contributed by atoms with Crippen LogP contribution in [0.1, 0.15) is 40.0 Å². The predicted octanol–water partition coefficient (Wildman–Crippen LogP) is 3.41. The first-order valence-electron chi connectivity index (χ1n) is 11.5. The summed E-state index contributed by atoms with van der Waals surface area (Å²) in [5.74, 6) is -1.82. The number of aromatic hydroxyl groups is 1. The van der Waals surface area contributed by atoms with Gasteiger partial charge in [-0.2, -0.15) is 0 Å². The summed E-state index contributed by atoms with van der Waals surface area (Å²) in [5, 5.41) is 21.0. The number of halogens is 2. The van der Waals surface area contributed by atoms with Crippen LogP contribution in [0, 0.1) is 0 Å². The fourth-order valence-electron chi connectivity index (χ4n) is 5.44. The van der Waals surface area contributed by atoms with Crippen molar-refractivity contribution in [2.75, 3.05) is 27.2 Å². The highest BCUT2D eigenvalue weighted by Crippen LogP contribution is 2.38. The summed E-state index contributed by atoms with van der Waals surface area (Å²) in [6, 6.07) is 7.04. The Balaban J connectivity index is 0.00000171. The minimum atomic E-state index is -1.41. The number of pyridine rings is 1. The molecule has 35 heavy (non-hydrogen) atoms. The van der Waals surface area contributed by atoms with Gasteiger partial charge in [0.1, 0.15) is 5.75 Å². The number of carboxylic acids is 1. The quantitative estimate of drug-likeness (QED) is 0.485. The van der Waals surface area contributed by atoms with Gasteiger partial charge in [0.15, 0.2) is 5.56 Å². The zero-order chi connectivity index (χ0) is 23.4. The molecule has 0 bridgehead atoms. The lowest BCUT2D eigenvalue weighted by Crippen LogP contribution is -2.31. The van der Waals surface area contributed by atoms with Gasteiger partial charge in [0, 0.05) is 60.4 Å². The molecule has 1 aliphatic carbocycles. The first-order chi connectivity index (χ1) is 15.7. The van der Waals surface area contributed by atoms with Crippen LogP contribution >= 0.6 is 24.8 Å². The molecular weight excluding hydrogens is 491 g/mol. The van der Waals surface area contributed by atoms with E-state index in [9.17, 15) is 19.8 Å². The lowest BCUT2D eigenvalue weighted by atomic mass is 9.98. The Morgan fingerprint density at radius 2 is 1.94 bits per heavy atom. The van der Waals surface area contributed by atoms with E-state index in [1.807, 2.05) is 0 Å². The van der Waals surface area contributed by atoms with E-state index in [0.717, 1.165) is 54.5 Å². The van der Waals surface area contributed by atoms with Crippen LogP contribution in [0.25, 0.3) is 22.2 Å². The first kappa shape index (κ1) is 27.1. The topological polar surface area (TPSA) is 102 Å². The normalized spacial score (nSPS) is 17.4. The fraction of sp³-hybridized carbons (Fsp3) is 0.440. The molecule has 3 N–H and O–H groups in total. The molecule has 1 atom stereocenters. The molecule has 3 aromatic rings. The lowest BCUT2D eigenvalue weighted by molar-refractivity contribution is 0.0691. The second-order valence-corrected chi connectivity index (χ2v) is 9.59. The Hall–Kier alpha value is -2.52. The zero-order valence-electron chi connectivity index (χ0n) is 20.1. The van der Waals surface area contributed by atoms with Gasteiger partial charge in [0.2, 0.25) is 0 Å². The number of carboxylic acid groups (broad SMARTS) is 1. The van der Waals surface area contributed by atoms with Crippen LogP contribution in [-0.2, 0) is 26.4 Å². The highest BCUT2D eigenvalue weighted by Gasteiger charge is 2.27.